The van der Waals surface area contributed by atoms with Crippen molar-refractivity contribution in [1.29, 1.82) is 0 Å². The van der Waals surface area contributed by atoms with E-state index in [1.165, 1.54) is 30.1 Å². The second-order valence-corrected chi connectivity index (χ2v) is 4.05. The Kier molecular flexibility index (Phi) is 3.19. The van der Waals surface area contributed by atoms with Crippen LogP contribution in [0.5, 0.6) is 0 Å². The summed E-state index contributed by atoms with van der Waals surface area (Å²) in [4.78, 5) is 11.2. The van der Waals surface area contributed by atoms with Crippen LogP contribution >= 0.6 is 15.9 Å². The minimum absolute atomic E-state index is 0.0230. The number of aromatic nitrogens is 3. The lowest BCUT2D eigenvalue weighted by Gasteiger charge is -2.01. The second-order valence-electron chi connectivity index (χ2n) is 3.14. The van der Waals surface area contributed by atoms with Crippen LogP contribution in [0.25, 0.3) is 5.69 Å². The summed E-state index contributed by atoms with van der Waals surface area (Å²) in [5.74, 6) is -1.09. The Morgan fingerprint density at radius 2 is 2.29 bits per heavy atom. The third-order valence-electron chi connectivity index (χ3n) is 2.04. The molecule has 1 aromatic carbocycles. The number of hydrogen-bond donors (Lipinski definition) is 0. The predicted molar refractivity (Wildman–Crippen MR) is 60.4 cm³/mol. The summed E-state index contributed by atoms with van der Waals surface area (Å²) in [6.45, 7) is 0. The molecule has 0 aliphatic heterocycles. The molecule has 88 valence electrons. The number of halogens is 2. The standard InChI is InChI=1S/C10H7BrFN3O2/c1-17-10(16)8-5-15(14-13-8)9-3-2-6(11)4-7(9)12/h2-5H,1H3. The number of ether oxygens (including phenoxy) is 1. The maximum atomic E-state index is 13.6. The van der Waals surface area contributed by atoms with Crippen LogP contribution in [0.15, 0.2) is 28.9 Å². The molecule has 0 N–H and O–H groups in total. The number of rotatable bonds is 2. The summed E-state index contributed by atoms with van der Waals surface area (Å²) in [6, 6.07) is 4.49. The van der Waals surface area contributed by atoms with E-state index in [4.69, 9.17) is 0 Å². The van der Waals surface area contributed by atoms with Crippen molar-refractivity contribution in [3.05, 3.63) is 40.4 Å². The van der Waals surface area contributed by atoms with Crippen LogP contribution < -0.4 is 0 Å². The third-order valence-corrected chi connectivity index (χ3v) is 2.54. The van der Waals surface area contributed by atoms with Gasteiger partial charge in [-0.05, 0) is 18.2 Å². The molecule has 0 aliphatic carbocycles. The molecule has 2 rings (SSSR count). The van der Waals surface area contributed by atoms with Gasteiger partial charge >= 0.3 is 5.97 Å². The van der Waals surface area contributed by atoms with Gasteiger partial charge in [-0.25, -0.2) is 13.9 Å². The number of hydrogen-bond acceptors (Lipinski definition) is 4. The fourth-order valence-corrected chi connectivity index (χ4v) is 1.58. The van der Waals surface area contributed by atoms with Gasteiger partial charge in [0.15, 0.2) is 5.69 Å². The Morgan fingerprint density at radius 1 is 1.53 bits per heavy atom. The van der Waals surface area contributed by atoms with Crippen LogP contribution in [-0.2, 0) is 4.74 Å². The van der Waals surface area contributed by atoms with Crippen molar-refractivity contribution in [1.82, 2.24) is 15.0 Å². The predicted octanol–water partition coefficient (Wildman–Crippen LogP) is 1.96. The number of methoxy groups -OCH3 is 1. The molecule has 5 nitrogen and oxygen atoms in total. The molecule has 1 aromatic heterocycles. The van der Waals surface area contributed by atoms with Gasteiger partial charge in [0.2, 0.25) is 0 Å². The first-order valence-corrected chi connectivity index (χ1v) is 5.37. The van der Waals surface area contributed by atoms with Crippen LogP contribution in [-0.4, -0.2) is 28.1 Å². The molecule has 0 atom stereocenters. The first-order valence-electron chi connectivity index (χ1n) is 4.58. The lowest BCUT2D eigenvalue weighted by molar-refractivity contribution is 0.0594. The lowest BCUT2D eigenvalue weighted by atomic mass is 10.3. The lowest BCUT2D eigenvalue weighted by Crippen LogP contribution is -2.01. The second kappa shape index (κ2) is 4.62. The zero-order valence-corrected chi connectivity index (χ0v) is 10.3. The summed E-state index contributed by atoms with van der Waals surface area (Å²) in [7, 11) is 1.24. The summed E-state index contributed by atoms with van der Waals surface area (Å²) in [5.41, 5.74) is 0.227. The van der Waals surface area contributed by atoms with Crippen LogP contribution in [0, 0.1) is 5.82 Å². The van der Waals surface area contributed by atoms with Gasteiger partial charge in [0.1, 0.15) is 11.5 Å². The molecule has 0 bridgehead atoms. The van der Waals surface area contributed by atoms with Gasteiger partial charge in [-0.15, -0.1) is 5.10 Å². The molecule has 7 heteroatoms. The Balaban J connectivity index is 2.40. The van der Waals surface area contributed by atoms with E-state index in [0.717, 1.165) is 0 Å². The SMILES string of the molecule is COC(=O)c1cn(-c2ccc(Br)cc2F)nn1. The Bertz CT molecular complexity index is 570. The van der Waals surface area contributed by atoms with E-state index in [9.17, 15) is 9.18 Å². The first-order chi connectivity index (χ1) is 8.11. The molecule has 17 heavy (non-hydrogen) atoms. The van der Waals surface area contributed by atoms with Gasteiger partial charge in [-0.1, -0.05) is 21.1 Å². The minimum Gasteiger partial charge on any atom is -0.464 e. The number of benzene rings is 1. The van der Waals surface area contributed by atoms with E-state index in [1.54, 1.807) is 6.07 Å². The smallest absolute Gasteiger partial charge is 0.360 e. The topological polar surface area (TPSA) is 57.0 Å². The molecular weight excluding hydrogens is 293 g/mol. The molecule has 0 spiro atoms. The molecule has 0 aliphatic rings. The largest absolute Gasteiger partial charge is 0.464 e. The number of esters is 1. The van der Waals surface area contributed by atoms with Crippen molar-refractivity contribution < 1.29 is 13.9 Å². The highest BCUT2D eigenvalue weighted by Crippen LogP contribution is 2.18. The Morgan fingerprint density at radius 3 is 2.94 bits per heavy atom. The number of nitrogens with zero attached hydrogens (tertiary/aromatic N) is 3. The van der Waals surface area contributed by atoms with Crippen molar-refractivity contribution in [2.45, 2.75) is 0 Å². The van der Waals surface area contributed by atoms with Crippen molar-refractivity contribution in [3.63, 3.8) is 0 Å². The summed E-state index contributed by atoms with van der Waals surface area (Å²) in [5, 5.41) is 7.24. The molecule has 0 unspecified atom stereocenters. The van der Waals surface area contributed by atoms with E-state index in [-0.39, 0.29) is 11.4 Å². The van der Waals surface area contributed by atoms with Gasteiger partial charge in [0, 0.05) is 4.47 Å². The van der Waals surface area contributed by atoms with Crippen LogP contribution in [0.4, 0.5) is 4.39 Å². The number of carbonyl (C=O) groups excluding carboxylic acids is 1. The van der Waals surface area contributed by atoms with Crippen molar-refractivity contribution in [2.24, 2.45) is 0 Å². The molecule has 2 aromatic rings. The quantitative estimate of drug-likeness (QED) is 0.796. The van der Waals surface area contributed by atoms with Crippen LogP contribution in [0.1, 0.15) is 10.5 Å². The minimum atomic E-state index is -0.617. The fourth-order valence-electron chi connectivity index (χ4n) is 1.25. The van der Waals surface area contributed by atoms with Gasteiger partial charge in [0.25, 0.3) is 0 Å². The average molecular weight is 300 g/mol. The van der Waals surface area contributed by atoms with E-state index in [0.29, 0.717) is 4.47 Å². The maximum Gasteiger partial charge on any atom is 0.360 e. The van der Waals surface area contributed by atoms with Gasteiger partial charge in [-0.2, -0.15) is 0 Å². The first kappa shape index (κ1) is 11.7. The number of carbonyl (C=O) groups is 1. The highest BCUT2D eigenvalue weighted by Gasteiger charge is 2.13. The van der Waals surface area contributed by atoms with Crippen molar-refractivity contribution >= 4 is 21.9 Å². The van der Waals surface area contributed by atoms with Crippen LogP contribution in [0.3, 0.4) is 0 Å². The Hall–Kier alpha value is -1.76. The van der Waals surface area contributed by atoms with E-state index >= 15 is 0 Å². The fraction of sp³-hybridized carbons (Fsp3) is 0.100. The van der Waals surface area contributed by atoms with Gasteiger partial charge in [-0.3, -0.25) is 0 Å². The van der Waals surface area contributed by atoms with Crippen molar-refractivity contribution in [3.8, 4) is 5.69 Å². The molecule has 0 radical (unpaired) electrons. The Labute approximate surface area is 104 Å². The molecular formula is C10H7BrFN3O2. The van der Waals surface area contributed by atoms with E-state index < -0.39 is 11.8 Å². The molecule has 0 saturated carbocycles. The molecule has 0 amide bonds. The highest BCUT2D eigenvalue weighted by atomic mass is 79.9. The van der Waals surface area contributed by atoms with E-state index in [1.807, 2.05) is 0 Å². The summed E-state index contributed by atoms with van der Waals surface area (Å²) in [6.07, 6.45) is 1.30. The van der Waals surface area contributed by atoms with Crippen LogP contribution in [0.2, 0.25) is 0 Å². The third kappa shape index (κ3) is 2.33. The summed E-state index contributed by atoms with van der Waals surface area (Å²) < 4.78 is 19.9. The molecule has 1 heterocycles. The van der Waals surface area contributed by atoms with Crippen molar-refractivity contribution in [2.75, 3.05) is 7.11 Å². The van der Waals surface area contributed by atoms with Gasteiger partial charge < -0.3 is 4.74 Å². The monoisotopic (exact) mass is 299 g/mol. The molecule has 0 fully saturated rings. The maximum absolute atomic E-state index is 13.6. The van der Waals surface area contributed by atoms with E-state index in [2.05, 4.69) is 31.0 Å². The average Bonchev–Trinajstić information content (AvgIpc) is 2.77. The highest BCUT2D eigenvalue weighted by molar-refractivity contribution is 9.10. The summed E-state index contributed by atoms with van der Waals surface area (Å²) >= 11 is 3.15. The van der Waals surface area contributed by atoms with Gasteiger partial charge in [0.05, 0.1) is 13.3 Å². The zero-order valence-electron chi connectivity index (χ0n) is 8.72. The molecule has 0 saturated heterocycles. The zero-order chi connectivity index (χ0) is 12.4. The normalized spacial score (nSPS) is 10.3.